The highest BCUT2D eigenvalue weighted by molar-refractivity contribution is 6.06. The number of amides is 3. The Labute approximate surface area is 155 Å². The van der Waals surface area contributed by atoms with Crippen molar-refractivity contribution < 1.29 is 18.5 Å². The average Bonchev–Trinajstić information content (AvgIpc) is 3.39. The molecule has 0 aliphatic carbocycles. The number of aryl methyl sites for hydroxylation is 1. The Morgan fingerprint density at radius 2 is 1.93 bits per heavy atom. The Balaban J connectivity index is 1.45. The molecule has 3 aromatic rings. The van der Waals surface area contributed by atoms with Gasteiger partial charge < -0.3 is 14.3 Å². The van der Waals surface area contributed by atoms with Gasteiger partial charge in [0.05, 0.1) is 12.8 Å². The van der Waals surface area contributed by atoms with Gasteiger partial charge in [0.15, 0.2) is 5.76 Å². The lowest BCUT2D eigenvalue weighted by atomic mass is 9.93. The molecule has 4 rings (SSSR count). The number of carbonyl (C=O) groups is 2. The Kier molecular flexibility index (Phi) is 4.27. The van der Waals surface area contributed by atoms with Gasteiger partial charge in [0, 0.05) is 6.07 Å². The fourth-order valence-corrected chi connectivity index (χ4v) is 3.18. The minimum absolute atomic E-state index is 0.0514. The highest BCUT2D eigenvalue weighted by atomic mass is 16.5. The zero-order valence-electron chi connectivity index (χ0n) is 14.8. The van der Waals surface area contributed by atoms with Gasteiger partial charge in [0.1, 0.15) is 11.2 Å². The van der Waals surface area contributed by atoms with E-state index in [9.17, 15) is 9.59 Å². The zero-order valence-corrected chi connectivity index (χ0v) is 14.8. The van der Waals surface area contributed by atoms with E-state index in [0.29, 0.717) is 30.1 Å². The fourth-order valence-electron chi connectivity index (χ4n) is 3.18. The Morgan fingerprint density at radius 1 is 1.11 bits per heavy atom. The Hall–Kier alpha value is -3.35. The number of hydrogen-bond donors (Lipinski definition) is 1. The number of nitrogens with one attached hydrogen (secondary N) is 1. The molecule has 1 aliphatic heterocycles. The first-order chi connectivity index (χ1) is 13.0. The summed E-state index contributed by atoms with van der Waals surface area (Å²) in [6, 6.07) is 14.6. The quantitative estimate of drug-likeness (QED) is 0.677. The standard InChI is InChI=1S/C20H19N3O4/c1-20(10-9-14-6-3-2-4-7-14)18(24)23(19(25)21-20)13-15-12-17(27-22-15)16-8-5-11-26-16/h2-8,11-12H,9-10,13H2,1H3,(H,21,25). The van der Waals surface area contributed by atoms with E-state index in [4.69, 9.17) is 8.94 Å². The number of aromatic nitrogens is 1. The number of carbonyl (C=O) groups excluding carboxylic acids is 2. The van der Waals surface area contributed by atoms with E-state index in [1.54, 1.807) is 25.1 Å². The van der Waals surface area contributed by atoms with Crippen molar-refractivity contribution in [3.8, 4) is 11.5 Å². The lowest BCUT2D eigenvalue weighted by Crippen LogP contribution is -2.44. The highest BCUT2D eigenvalue weighted by Gasteiger charge is 2.47. The molecule has 2 aromatic heterocycles. The van der Waals surface area contributed by atoms with Gasteiger partial charge in [0.25, 0.3) is 5.91 Å². The number of benzene rings is 1. The van der Waals surface area contributed by atoms with Crippen LogP contribution in [-0.4, -0.2) is 27.5 Å². The molecule has 3 heterocycles. The third kappa shape index (κ3) is 3.36. The van der Waals surface area contributed by atoms with E-state index in [1.807, 2.05) is 30.3 Å². The van der Waals surface area contributed by atoms with Crippen molar-refractivity contribution in [2.45, 2.75) is 31.8 Å². The van der Waals surface area contributed by atoms with Crippen LogP contribution in [0.1, 0.15) is 24.6 Å². The van der Waals surface area contributed by atoms with E-state index in [0.717, 1.165) is 5.56 Å². The summed E-state index contributed by atoms with van der Waals surface area (Å²) < 4.78 is 10.5. The molecule has 138 valence electrons. The maximum absolute atomic E-state index is 12.9. The van der Waals surface area contributed by atoms with Crippen LogP contribution in [0.5, 0.6) is 0 Å². The molecular formula is C20H19N3O4. The third-order valence-corrected chi connectivity index (χ3v) is 4.74. The molecule has 0 bridgehead atoms. The summed E-state index contributed by atoms with van der Waals surface area (Å²) >= 11 is 0. The predicted octanol–water partition coefficient (Wildman–Crippen LogP) is 3.38. The summed E-state index contributed by atoms with van der Waals surface area (Å²) in [7, 11) is 0. The zero-order chi connectivity index (χ0) is 18.9. The van der Waals surface area contributed by atoms with E-state index < -0.39 is 11.6 Å². The second-order valence-electron chi connectivity index (χ2n) is 6.80. The van der Waals surface area contributed by atoms with E-state index in [1.165, 1.54) is 11.2 Å². The molecule has 1 saturated heterocycles. The summed E-state index contributed by atoms with van der Waals surface area (Å²) in [4.78, 5) is 26.4. The van der Waals surface area contributed by atoms with Gasteiger partial charge in [-0.2, -0.15) is 0 Å². The van der Waals surface area contributed by atoms with Crippen molar-refractivity contribution >= 4 is 11.9 Å². The first kappa shape index (κ1) is 17.1. The van der Waals surface area contributed by atoms with Crippen LogP contribution in [0, 0.1) is 0 Å². The maximum atomic E-state index is 12.9. The number of imide groups is 1. The Bertz CT molecular complexity index is 949. The number of furan rings is 1. The van der Waals surface area contributed by atoms with Crippen molar-refractivity contribution in [2.24, 2.45) is 0 Å². The van der Waals surface area contributed by atoms with Crippen molar-refractivity contribution in [1.29, 1.82) is 0 Å². The van der Waals surface area contributed by atoms with Crippen LogP contribution in [-0.2, 0) is 17.8 Å². The smallest absolute Gasteiger partial charge is 0.325 e. The second kappa shape index (κ2) is 6.75. The number of hydrogen-bond acceptors (Lipinski definition) is 5. The van der Waals surface area contributed by atoms with Crippen LogP contribution in [0.3, 0.4) is 0 Å². The van der Waals surface area contributed by atoms with Crippen LogP contribution in [0.15, 0.2) is 63.7 Å². The van der Waals surface area contributed by atoms with Crippen LogP contribution in [0.25, 0.3) is 11.5 Å². The molecule has 1 unspecified atom stereocenters. The first-order valence-corrected chi connectivity index (χ1v) is 8.73. The van der Waals surface area contributed by atoms with Crippen LogP contribution < -0.4 is 5.32 Å². The molecule has 1 atom stereocenters. The molecule has 0 radical (unpaired) electrons. The monoisotopic (exact) mass is 365 g/mol. The van der Waals surface area contributed by atoms with Crippen LogP contribution in [0.4, 0.5) is 4.79 Å². The molecule has 1 aliphatic rings. The largest absolute Gasteiger partial charge is 0.461 e. The molecular weight excluding hydrogens is 346 g/mol. The molecule has 0 saturated carbocycles. The molecule has 7 nitrogen and oxygen atoms in total. The number of rotatable bonds is 6. The third-order valence-electron chi connectivity index (χ3n) is 4.74. The van der Waals surface area contributed by atoms with Gasteiger partial charge in [-0.1, -0.05) is 35.5 Å². The number of nitrogens with zero attached hydrogens (tertiary/aromatic N) is 2. The Morgan fingerprint density at radius 3 is 2.67 bits per heavy atom. The SMILES string of the molecule is CC1(CCc2ccccc2)NC(=O)N(Cc2cc(-c3ccco3)on2)C1=O. The van der Waals surface area contributed by atoms with Gasteiger partial charge >= 0.3 is 6.03 Å². The van der Waals surface area contributed by atoms with Crippen LogP contribution >= 0.6 is 0 Å². The summed E-state index contributed by atoms with van der Waals surface area (Å²) in [5, 5.41) is 6.75. The molecule has 7 heteroatoms. The topological polar surface area (TPSA) is 88.6 Å². The summed E-state index contributed by atoms with van der Waals surface area (Å²) in [5.74, 6) is 0.735. The van der Waals surface area contributed by atoms with Gasteiger partial charge in [-0.05, 0) is 37.5 Å². The van der Waals surface area contributed by atoms with E-state index in [2.05, 4.69) is 10.5 Å². The van der Waals surface area contributed by atoms with Gasteiger partial charge in [-0.25, -0.2) is 4.79 Å². The minimum Gasteiger partial charge on any atom is -0.461 e. The van der Waals surface area contributed by atoms with Crippen LogP contribution in [0.2, 0.25) is 0 Å². The second-order valence-corrected chi connectivity index (χ2v) is 6.80. The predicted molar refractivity (Wildman–Crippen MR) is 96.5 cm³/mol. The molecule has 0 spiro atoms. The van der Waals surface area contributed by atoms with Crippen molar-refractivity contribution in [3.05, 3.63) is 66.1 Å². The molecule has 27 heavy (non-hydrogen) atoms. The first-order valence-electron chi connectivity index (χ1n) is 8.73. The van der Waals surface area contributed by atoms with Gasteiger partial charge in [0.2, 0.25) is 5.76 Å². The number of urea groups is 1. The van der Waals surface area contributed by atoms with Crippen molar-refractivity contribution in [2.75, 3.05) is 0 Å². The minimum atomic E-state index is -0.930. The molecule has 1 fully saturated rings. The highest BCUT2D eigenvalue weighted by Crippen LogP contribution is 2.26. The maximum Gasteiger partial charge on any atom is 0.325 e. The van der Waals surface area contributed by atoms with Gasteiger partial charge in [-0.3, -0.25) is 9.69 Å². The van der Waals surface area contributed by atoms with E-state index >= 15 is 0 Å². The molecule has 1 N–H and O–H groups in total. The van der Waals surface area contributed by atoms with Crippen molar-refractivity contribution in [3.63, 3.8) is 0 Å². The lowest BCUT2D eigenvalue weighted by molar-refractivity contribution is -0.131. The van der Waals surface area contributed by atoms with Crippen molar-refractivity contribution in [1.82, 2.24) is 15.4 Å². The summed E-state index contributed by atoms with van der Waals surface area (Å²) in [6.07, 6.45) is 2.76. The summed E-state index contributed by atoms with van der Waals surface area (Å²) in [6.45, 7) is 1.81. The average molecular weight is 365 g/mol. The van der Waals surface area contributed by atoms with Gasteiger partial charge in [-0.15, -0.1) is 0 Å². The summed E-state index contributed by atoms with van der Waals surface area (Å²) in [5.41, 5.74) is 0.677. The van der Waals surface area contributed by atoms with E-state index in [-0.39, 0.29) is 12.5 Å². The molecule has 1 aromatic carbocycles. The normalized spacial score (nSPS) is 19.5. The molecule has 3 amide bonds. The fraction of sp³-hybridized carbons (Fsp3) is 0.250. The lowest BCUT2D eigenvalue weighted by Gasteiger charge is -2.21.